The van der Waals surface area contributed by atoms with E-state index in [0.29, 0.717) is 21.9 Å². The number of fused-ring (bicyclic) bond motifs is 2. The quantitative estimate of drug-likeness (QED) is 0.374. The summed E-state index contributed by atoms with van der Waals surface area (Å²) in [7, 11) is 0. The molecule has 3 aromatic carbocycles. The Bertz CT molecular complexity index is 1420. The van der Waals surface area contributed by atoms with Gasteiger partial charge in [-0.1, -0.05) is 42.5 Å². The van der Waals surface area contributed by atoms with Crippen LogP contribution in [0.3, 0.4) is 0 Å². The Morgan fingerprint density at radius 3 is 2.44 bits per heavy atom. The lowest BCUT2D eigenvalue weighted by molar-refractivity contribution is 0.0353. The van der Waals surface area contributed by atoms with Crippen LogP contribution in [0.2, 0.25) is 0 Å². The van der Waals surface area contributed by atoms with E-state index in [2.05, 4.69) is 53.3 Å². The molecule has 0 spiro atoms. The van der Waals surface area contributed by atoms with Gasteiger partial charge in [-0.15, -0.1) is 0 Å². The van der Waals surface area contributed by atoms with Crippen LogP contribution in [0.25, 0.3) is 21.8 Å². The Labute approximate surface area is 211 Å². The third-order valence-corrected chi connectivity index (χ3v) is 7.31. The van der Waals surface area contributed by atoms with Gasteiger partial charge in [0.05, 0.1) is 18.7 Å². The van der Waals surface area contributed by atoms with Crippen molar-refractivity contribution in [3.8, 4) is 0 Å². The number of morpholine rings is 1. The highest BCUT2D eigenvalue weighted by Crippen LogP contribution is 2.32. The second-order valence-corrected chi connectivity index (χ2v) is 10.1. The molecule has 2 heterocycles. The number of hydrogen-bond acceptors (Lipinski definition) is 4. The highest BCUT2D eigenvalue weighted by molar-refractivity contribution is 6.00. The molecule has 1 aliphatic rings. The Kier molecular flexibility index (Phi) is 6.90. The second kappa shape index (κ2) is 10.2. The Morgan fingerprint density at radius 1 is 0.972 bits per heavy atom. The van der Waals surface area contributed by atoms with E-state index in [1.54, 1.807) is 18.2 Å². The summed E-state index contributed by atoms with van der Waals surface area (Å²) in [6.45, 7) is 8.57. The number of aromatic nitrogens is 1. The largest absolute Gasteiger partial charge is 0.379 e. The number of pyridine rings is 1. The smallest absolute Gasteiger partial charge is 0.251 e. The van der Waals surface area contributed by atoms with Crippen LogP contribution >= 0.6 is 0 Å². The van der Waals surface area contributed by atoms with E-state index in [9.17, 15) is 9.59 Å². The van der Waals surface area contributed by atoms with E-state index >= 15 is 0 Å². The van der Waals surface area contributed by atoms with Crippen LogP contribution in [0.15, 0.2) is 77.6 Å². The molecular weight excluding hydrogens is 450 g/mol. The van der Waals surface area contributed by atoms with E-state index in [1.165, 1.54) is 5.56 Å². The van der Waals surface area contributed by atoms with Crippen LogP contribution in [-0.2, 0) is 4.74 Å². The second-order valence-electron chi connectivity index (χ2n) is 10.1. The molecule has 0 bridgehead atoms. The molecule has 5 rings (SSSR count). The predicted octanol–water partition coefficient (Wildman–Crippen LogP) is 4.70. The highest BCUT2D eigenvalue weighted by Gasteiger charge is 2.33. The molecule has 0 aliphatic carbocycles. The summed E-state index contributed by atoms with van der Waals surface area (Å²) in [6, 6.07) is 23.1. The monoisotopic (exact) mass is 483 g/mol. The molecule has 186 valence electrons. The molecule has 36 heavy (non-hydrogen) atoms. The summed E-state index contributed by atoms with van der Waals surface area (Å²) in [5, 5.41) is 4.53. The maximum Gasteiger partial charge on any atom is 0.251 e. The van der Waals surface area contributed by atoms with Gasteiger partial charge in [-0.2, -0.15) is 0 Å². The maximum atomic E-state index is 13.5. The molecule has 4 aromatic rings. The van der Waals surface area contributed by atoms with Crippen LogP contribution < -0.4 is 10.7 Å². The lowest BCUT2D eigenvalue weighted by Gasteiger charge is -2.37. The first-order valence-corrected chi connectivity index (χ1v) is 12.6. The predicted molar refractivity (Wildman–Crippen MR) is 145 cm³/mol. The summed E-state index contributed by atoms with van der Waals surface area (Å²) in [5.41, 5.74) is 2.65. The fourth-order valence-corrected chi connectivity index (χ4v) is 5.29. The standard InChI is InChI=1S/C30H33N3O3/c1-30(2,25(21-8-4-3-5-9-21)14-15-33-16-18-36-19-17-33)32-29(35)22-12-13-24-27(20-22)31-26-11-7-6-10-23(26)28(24)34/h3-13,20,25H,14-19H2,1-2H3,(H,31,34)(H,32,35). The van der Waals surface area contributed by atoms with Crippen molar-refractivity contribution in [2.45, 2.75) is 31.7 Å². The van der Waals surface area contributed by atoms with E-state index < -0.39 is 5.54 Å². The van der Waals surface area contributed by atoms with Gasteiger partial charge in [0, 0.05) is 46.4 Å². The van der Waals surface area contributed by atoms with Gasteiger partial charge in [0.1, 0.15) is 0 Å². The number of carbonyl (C=O) groups is 1. The molecule has 1 unspecified atom stereocenters. The van der Waals surface area contributed by atoms with Crippen molar-refractivity contribution in [1.29, 1.82) is 0 Å². The van der Waals surface area contributed by atoms with Crippen molar-refractivity contribution >= 4 is 27.7 Å². The summed E-state index contributed by atoms with van der Waals surface area (Å²) in [6.07, 6.45) is 0.925. The number of amides is 1. The molecule has 1 aromatic heterocycles. The molecule has 6 heteroatoms. The van der Waals surface area contributed by atoms with Crippen LogP contribution in [0.5, 0.6) is 0 Å². The number of nitrogens with zero attached hydrogens (tertiary/aromatic N) is 1. The van der Waals surface area contributed by atoms with Gasteiger partial charge in [0.25, 0.3) is 5.91 Å². The average Bonchev–Trinajstić information content (AvgIpc) is 2.89. The Morgan fingerprint density at radius 2 is 1.67 bits per heavy atom. The lowest BCUT2D eigenvalue weighted by atomic mass is 9.79. The van der Waals surface area contributed by atoms with Crippen LogP contribution in [0, 0.1) is 0 Å². The fourth-order valence-electron chi connectivity index (χ4n) is 5.29. The Balaban J connectivity index is 1.40. The highest BCUT2D eigenvalue weighted by atomic mass is 16.5. The molecule has 1 atom stereocenters. The number of hydrogen-bond donors (Lipinski definition) is 2. The van der Waals surface area contributed by atoms with Crippen LogP contribution in [0.4, 0.5) is 0 Å². The van der Waals surface area contributed by atoms with Gasteiger partial charge in [-0.3, -0.25) is 14.5 Å². The fraction of sp³-hybridized carbons (Fsp3) is 0.333. The molecular formula is C30H33N3O3. The number of nitrogens with one attached hydrogen (secondary N) is 2. The summed E-state index contributed by atoms with van der Waals surface area (Å²) < 4.78 is 5.50. The molecule has 1 fully saturated rings. The number of rotatable bonds is 7. The molecule has 6 nitrogen and oxygen atoms in total. The number of carbonyl (C=O) groups excluding carboxylic acids is 1. The number of aromatic amines is 1. The van der Waals surface area contributed by atoms with Crippen molar-refractivity contribution in [2.75, 3.05) is 32.8 Å². The Hall–Kier alpha value is -3.48. The minimum absolute atomic E-state index is 0.0288. The third-order valence-electron chi connectivity index (χ3n) is 7.31. The van der Waals surface area contributed by atoms with Crippen LogP contribution in [-0.4, -0.2) is 54.2 Å². The lowest BCUT2D eigenvalue weighted by Crippen LogP contribution is -2.49. The van der Waals surface area contributed by atoms with E-state index in [0.717, 1.165) is 44.8 Å². The normalized spacial score (nSPS) is 15.7. The van der Waals surface area contributed by atoms with Gasteiger partial charge < -0.3 is 15.0 Å². The third kappa shape index (κ3) is 5.06. The van der Waals surface area contributed by atoms with Crippen LogP contribution in [0.1, 0.15) is 42.1 Å². The topological polar surface area (TPSA) is 74.4 Å². The SMILES string of the molecule is CC(C)(NC(=O)c1ccc2c(=O)c3ccccc3[nH]c2c1)C(CCN1CCOCC1)c1ccccc1. The van der Waals surface area contributed by atoms with Crippen molar-refractivity contribution in [3.05, 3.63) is 94.1 Å². The summed E-state index contributed by atoms with van der Waals surface area (Å²) >= 11 is 0. The van der Waals surface area contributed by atoms with Crippen molar-refractivity contribution in [3.63, 3.8) is 0 Å². The molecule has 1 saturated heterocycles. The van der Waals surface area contributed by atoms with Crippen molar-refractivity contribution < 1.29 is 9.53 Å². The first-order valence-electron chi connectivity index (χ1n) is 12.6. The molecule has 1 aliphatic heterocycles. The minimum Gasteiger partial charge on any atom is -0.379 e. The average molecular weight is 484 g/mol. The van der Waals surface area contributed by atoms with Crippen molar-refractivity contribution in [2.24, 2.45) is 0 Å². The van der Waals surface area contributed by atoms with E-state index in [-0.39, 0.29) is 17.3 Å². The molecule has 0 saturated carbocycles. The first-order chi connectivity index (χ1) is 17.4. The minimum atomic E-state index is -0.490. The molecule has 2 N–H and O–H groups in total. The van der Waals surface area contributed by atoms with Crippen molar-refractivity contribution in [1.82, 2.24) is 15.2 Å². The zero-order valence-electron chi connectivity index (χ0n) is 20.9. The molecule has 1 amide bonds. The van der Waals surface area contributed by atoms with Gasteiger partial charge in [0.2, 0.25) is 0 Å². The number of benzene rings is 3. The van der Waals surface area contributed by atoms with E-state index in [4.69, 9.17) is 4.74 Å². The zero-order chi connectivity index (χ0) is 25.1. The van der Waals surface area contributed by atoms with Gasteiger partial charge in [-0.25, -0.2) is 0 Å². The van der Waals surface area contributed by atoms with Gasteiger partial charge >= 0.3 is 0 Å². The first kappa shape index (κ1) is 24.2. The summed E-state index contributed by atoms with van der Waals surface area (Å²) in [5.74, 6) is -0.0158. The van der Waals surface area contributed by atoms with Gasteiger partial charge in [0.15, 0.2) is 5.43 Å². The number of para-hydroxylation sites is 1. The zero-order valence-corrected chi connectivity index (χ0v) is 20.9. The summed E-state index contributed by atoms with van der Waals surface area (Å²) in [4.78, 5) is 32.1. The van der Waals surface area contributed by atoms with E-state index in [1.807, 2.05) is 30.3 Å². The number of ether oxygens (including phenoxy) is 1. The molecule has 0 radical (unpaired) electrons. The maximum absolute atomic E-state index is 13.5. The number of H-pyrrole nitrogens is 1. The van der Waals surface area contributed by atoms with Gasteiger partial charge in [-0.05, 0) is 62.7 Å².